The van der Waals surface area contributed by atoms with Gasteiger partial charge >= 0.3 is 6.18 Å². The highest BCUT2D eigenvalue weighted by molar-refractivity contribution is 6.05. The molecule has 1 N–H and O–H groups in total. The van der Waals surface area contributed by atoms with Crippen LogP contribution in [0.4, 0.5) is 18.9 Å². The van der Waals surface area contributed by atoms with Gasteiger partial charge in [-0.1, -0.05) is 0 Å². The number of aryl methyl sites for hydroxylation is 2. The topological polar surface area (TPSA) is 51.2 Å². The fourth-order valence-corrected chi connectivity index (χ4v) is 2.58. The Hall–Kier alpha value is -3.35. The van der Waals surface area contributed by atoms with Crippen molar-refractivity contribution in [2.75, 3.05) is 5.32 Å². The molecule has 1 heterocycles. The molecule has 0 bridgehead atoms. The highest BCUT2D eigenvalue weighted by atomic mass is 19.4. The van der Waals surface area contributed by atoms with Gasteiger partial charge in [0.1, 0.15) is 11.5 Å². The lowest BCUT2D eigenvalue weighted by atomic mass is 10.1. The van der Waals surface area contributed by atoms with Gasteiger partial charge < -0.3 is 10.1 Å². The second kappa shape index (κ2) is 7.72. The van der Waals surface area contributed by atoms with Crippen LogP contribution < -0.4 is 10.1 Å². The Balaban J connectivity index is 1.65. The Bertz CT molecular complexity index is 982. The van der Waals surface area contributed by atoms with Crippen LogP contribution in [-0.2, 0) is 6.18 Å². The van der Waals surface area contributed by atoms with Crippen LogP contribution in [0.2, 0.25) is 0 Å². The number of aromatic nitrogens is 1. The number of pyridine rings is 1. The van der Waals surface area contributed by atoms with E-state index >= 15 is 0 Å². The first kappa shape index (κ1) is 19.4. The summed E-state index contributed by atoms with van der Waals surface area (Å²) in [5, 5.41) is 2.77. The Morgan fingerprint density at radius 3 is 2.00 bits per heavy atom. The monoisotopic (exact) mass is 386 g/mol. The van der Waals surface area contributed by atoms with Crippen LogP contribution in [0.25, 0.3) is 0 Å². The van der Waals surface area contributed by atoms with E-state index in [2.05, 4.69) is 10.3 Å². The number of halogens is 3. The fourth-order valence-electron chi connectivity index (χ4n) is 2.58. The molecule has 0 spiro atoms. The summed E-state index contributed by atoms with van der Waals surface area (Å²) in [7, 11) is 0. The highest BCUT2D eigenvalue weighted by Gasteiger charge is 2.30. The van der Waals surface area contributed by atoms with Gasteiger partial charge in [-0.05, 0) is 74.5 Å². The van der Waals surface area contributed by atoms with Gasteiger partial charge in [-0.2, -0.15) is 13.2 Å². The maximum Gasteiger partial charge on any atom is 0.416 e. The number of nitrogens with zero attached hydrogens (tertiary/aromatic N) is 1. The number of carbonyl (C=O) groups excluding carboxylic acids is 1. The lowest BCUT2D eigenvalue weighted by Crippen LogP contribution is -2.14. The summed E-state index contributed by atoms with van der Waals surface area (Å²) in [5.74, 6) is 0.443. The average molecular weight is 386 g/mol. The third-order valence-electron chi connectivity index (χ3n) is 4.00. The van der Waals surface area contributed by atoms with Gasteiger partial charge in [-0.25, -0.2) is 0 Å². The van der Waals surface area contributed by atoms with E-state index in [0.717, 1.165) is 17.8 Å². The molecule has 144 valence electrons. The minimum atomic E-state index is -4.39. The number of hydrogen-bond donors (Lipinski definition) is 1. The van der Waals surface area contributed by atoms with Crippen molar-refractivity contribution >= 4 is 11.6 Å². The smallest absolute Gasteiger partial charge is 0.416 e. The summed E-state index contributed by atoms with van der Waals surface area (Å²) in [6.45, 7) is 3.62. The average Bonchev–Trinajstić information content (AvgIpc) is 2.63. The maximum atomic E-state index is 12.6. The van der Waals surface area contributed by atoms with Gasteiger partial charge in [0.15, 0.2) is 0 Å². The predicted molar refractivity (Wildman–Crippen MR) is 99.6 cm³/mol. The third kappa shape index (κ3) is 4.68. The van der Waals surface area contributed by atoms with Crippen molar-refractivity contribution in [2.45, 2.75) is 20.0 Å². The molecule has 28 heavy (non-hydrogen) atoms. The molecule has 0 aliphatic rings. The molecule has 4 nitrogen and oxygen atoms in total. The molecular formula is C21H17F3N2O2. The Kier molecular flexibility index (Phi) is 5.35. The molecule has 0 atom stereocenters. The van der Waals surface area contributed by atoms with Gasteiger partial charge in [0.05, 0.1) is 16.8 Å². The van der Waals surface area contributed by atoms with E-state index in [1.165, 1.54) is 12.1 Å². The number of alkyl halides is 3. The van der Waals surface area contributed by atoms with Crippen molar-refractivity contribution in [3.8, 4) is 11.5 Å². The Labute approximate surface area is 160 Å². The zero-order chi connectivity index (χ0) is 20.3. The first-order valence-electron chi connectivity index (χ1n) is 8.43. The van der Waals surface area contributed by atoms with Crippen LogP contribution in [0, 0.1) is 13.8 Å². The first-order valence-corrected chi connectivity index (χ1v) is 8.43. The molecular weight excluding hydrogens is 369 g/mol. The summed E-state index contributed by atoms with van der Waals surface area (Å²) in [6, 6.07) is 14.4. The molecule has 0 saturated heterocycles. The molecule has 0 unspecified atom stereocenters. The van der Waals surface area contributed by atoms with Crippen LogP contribution in [-0.4, -0.2) is 10.9 Å². The van der Waals surface area contributed by atoms with E-state index in [1.54, 1.807) is 43.3 Å². The van der Waals surface area contributed by atoms with Crippen LogP contribution in [0.3, 0.4) is 0 Å². The summed E-state index contributed by atoms with van der Waals surface area (Å²) in [6.07, 6.45) is -4.39. The van der Waals surface area contributed by atoms with E-state index in [1.807, 2.05) is 6.92 Å². The number of anilines is 1. The molecule has 2 aromatic carbocycles. The van der Waals surface area contributed by atoms with Crippen molar-refractivity contribution in [1.29, 1.82) is 0 Å². The second-order valence-corrected chi connectivity index (χ2v) is 6.19. The number of amides is 1. The van der Waals surface area contributed by atoms with Crippen LogP contribution >= 0.6 is 0 Å². The number of benzene rings is 2. The molecule has 0 aliphatic heterocycles. The summed E-state index contributed by atoms with van der Waals surface area (Å²) < 4.78 is 43.3. The molecule has 1 amide bonds. The molecule has 0 saturated carbocycles. The summed E-state index contributed by atoms with van der Waals surface area (Å²) in [5.41, 5.74) is 1.78. The number of carbonyl (C=O) groups is 1. The fraction of sp³-hybridized carbons (Fsp3) is 0.143. The van der Waals surface area contributed by atoms with Crippen molar-refractivity contribution < 1.29 is 22.7 Å². The normalized spacial score (nSPS) is 11.2. The SMILES string of the molecule is Cc1ccc(C(=O)Nc2ccc(Oc3ccc(C(F)(F)F)cc3)cc2)c(C)n1. The standard InChI is InChI=1S/C21H17F3N2O2/c1-13-3-12-19(14(2)25-13)20(27)26-16-6-10-18(11-7-16)28-17-8-4-15(5-9-17)21(22,23)24/h3-12H,1-2H3,(H,26,27). The van der Waals surface area contributed by atoms with E-state index in [0.29, 0.717) is 22.7 Å². The first-order chi connectivity index (χ1) is 13.2. The van der Waals surface area contributed by atoms with Gasteiger partial charge in [0, 0.05) is 11.4 Å². The zero-order valence-corrected chi connectivity index (χ0v) is 15.2. The van der Waals surface area contributed by atoms with Gasteiger partial charge in [0.25, 0.3) is 5.91 Å². The summed E-state index contributed by atoms with van der Waals surface area (Å²) in [4.78, 5) is 16.6. The van der Waals surface area contributed by atoms with Crippen molar-refractivity contribution in [2.24, 2.45) is 0 Å². The predicted octanol–water partition coefficient (Wildman–Crippen LogP) is 5.76. The van der Waals surface area contributed by atoms with E-state index < -0.39 is 11.7 Å². The van der Waals surface area contributed by atoms with Crippen LogP contribution in [0.1, 0.15) is 27.3 Å². The number of rotatable bonds is 4. The molecule has 1 aromatic heterocycles. The quantitative estimate of drug-likeness (QED) is 0.620. The van der Waals surface area contributed by atoms with E-state index in [-0.39, 0.29) is 11.7 Å². The lowest BCUT2D eigenvalue weighted by molar-refractivity contribution is -0.137. The van der Waals surface area contributed by atoms with Crippen LogP contribution in [0.15, 0.2) is 60.7 Å². The van der Waals surface area contributed by atoms with Crippen LogP contribution in [0.5, 0.6) is 11.5 Å². The van der Waals surface area contributed by atoms with Crippen molar-refractivity contribution in [3.05, 3.63) is 83.2 Å². The minimum absolute atomic E-state index is 0.276. The number of nitrogens with one attached hydrogen (secondary N) is 1. The van der Waals surface area contributed by atoms with Gasteiger partial charge in [-0.3, -0.25) is 9.78 Å². The maximum absolute atomic E-state index is 12.6. The summed E-state index contributed by atoms with van der Waals surface area (Å²) >= 11 is 0. The molecule has 0 radical (unpaired) electrons. The number of ether oxygens (including phenoxy) is 1. The lowest BCUT2D eigenvalue weighted by Gasteiger charge is -2.10. The van der Waals surface area contributed by atoms with E-state index in [4.69, 9.17) is 4.74 Å². The van der Waals surface area contributed by atoms with Gasteiger partial charge in [-0.15, -0.1) is 0 Å². The van der Waals surface area contributed by atoms with Crippen molar-refractivity contribution in [1.82, 2.24) is 4.98 Å². The Morgan fingerprint density at radius 2 is 1.46 bits per heavy atom. The molecule has 3 rings (SSSR count). The minimum Gasteiger partial charge on any atom is -0.457 e. The van der Waals surface area contributed by atoms with Crippen molar-refractivity contribution in [3.63, 3.8) is 0 Å². The zero-order valence-electron chi connectivity index (χ0n) is 15.2. The third-order valence-corrected chi connectivity index (χ3v) is 4.00. The second-order valence-electron chi connectivity index (χ2n) is 6.19. The molecule has 0 fully saturated rings. The highest BCUT2D eigenvalue weighted by Crippen LogP contribution is 2.31. The molecule has 0 aliphatic carbocycles. The largest absolute Gasteiger partial charge is 0.457 e. The Morgan fingerprint density at radius 1 is 0.893 bits per heavy atom. The number of hydrogen-bond acceptors (Lipinski definition) is 3. The van der Waals surface area contributed by atoms with E-state index in [9.17, 15) is 18.0 Å². The van der Waals surface area contributed by atoms with Gasteiger partial charge in [0.2, 0.25) is 0 Å². The molecule has 3 aromatic rings. The molecule has 7 heteroatoms.